The number of para-hydroxylation sites is 2. The van der Waals surface area contributed by atoms with Gasteiger partial charge in [-0.15, -0.1) is 0 Å². The lowest BCUT2D eigenvalue weighted by Crippen LogP contribution is -2.37. The van der Waals surface area contributed by atoms with E-state index in [9.17, 15) is 9.59 Å². The van der Waals surface area contributed by atoms with E-state index in [-0.39, 0.29) is 18.5 Å². The van der Waals surface area contributed by atoms with Crippen molar-refractivity contribution in [1.82, 2.24) is 4.90 Å². The fourth-order valence-corrected chi connectivity index (χ4v) is 3.07. The normalized spacial score (nSPS) is 13.5. The first-order valence-corrected chi connectivity index (χ1v) is 8.78. The summed E-state index contributed by atoms with van der Waals surface area (Å²) in [6, 6.07) is 12.2. The van der Waals surface area contributed by atoms with E-state index in [0.717, 1.165) is 0 Å². The predicted octanol–water partition coefficient (Wildman–Crippen LogP) is 2.59. The molecular formula is C20H23N3O5. The number of carbonyl (C=O) groups excluding carboxylic acids is 2. The van der Waals surface area contributed by atoms with E-state index in [0.29, 0.717) is 41.7 Å². The zero-order valence-electron chi connectivity index (χ0n) is 16.1. The first kappa shape index (κ1) is 19.3. The number of ether oxygens (including phenoxy) is 3. The van der Waals surface area contributed by atoms with Crippen LogP contribution in [0.15, 0.2) is 42.5 Å². The Labute approximate surface area is 163 Å². The topological polar surface area (TPSA) is 80.3 Å². The molecule has 0 atom stereocenters. The predicted molar refractivity (Wildman–Crippen MR) is 105 cm³/mol. The van der Waals surface area contributed by atoms with Gasteiger partial charge in [0.15, 0.2) is 11.5 Å². The first-order valence-electron chi connectivity index (χ1n) is 8.78. The molecule has 1 N–H and O–H groups in total. The molecule has 1 saturated heterocycles. The van der Waals surface area contributed by atoms with Gasteiger partial charge in [0.25, 0.3) is 0 Å². The highest BCUT2D eigenvalue weighted by molar-refractivity contribution is 6.00. The summed E-state index contributed by atoms with van der Waals surface area (Å²) in [6.07, 6.45) is 0. The van der Waals surface area contributed by atoms with Gasteiger partial charge in [-0.25, -0.2) is 4.79 Å². The molecule has 1 fully saturated rings. The van der Waals surface area contributed by atoms with Crippen LogP contribution in [0.3, 0.4) is 0 Å². The van der Waals surface area contributed by atoms with Crippen molar-refractivity contribution in [3.8, 4) is 17.2 Å². The van der Waals surface area contributed by atoms with Crippen molar-refractivity contribution in [1.29, 1.82) is 0 Å². The van der Waals surface area contributed by atoms with Gasteiger partial charge in [0, 0.05) is 24.8 Å². The summed E-state index contributed by atoms with van der Waals surface area (Å²) in [5.74, 6) is 1.41. The molecule has 2 aromatic carbocycles. The van der Waals surface area contributed by atoms with Gasteiger partial charge < -0.3 is 24.4 Å². The van der Waals surface area contributed by atoms with E-state index in [2.05, 4.69) is 5.32 Å². The highest BCUT2D eigenvalue weighted by atomic mass is 16.5. The number of hydrogen-bond acceptors (Lipinski definition) is 5. The number of amides is 3. The molecule has 0 spiro atoms. The summed E-state index contributed by atoms with van der Waals surface area (Å²) >= 11 is 0. The summed E-state index contributed by atoms with van der Waals surface area (Å²) in [7, 11) is 4.64. The maximum absolute atomic E-state index is 12.7. The molecule has 0 aliphatic carbocycles. The molecule has 1 aliphatic rings. The molecule has 3 amide bonds. The summed E-state index contributed by atoms with van der Waals surface area (Å²) in [5, 5.41) is 2.78. The maximum atomic E-state index is 12.7. The second kappa shape index (κ2) is 8.51. The van der Waals surface area contributed by atoms with Crippen LogP contribution in [0.5, 0.6) is 17.2 Å². The number of benzene rings is 2. The van der Waals surface area contributed by atoms with Crippen LogP contribution < -0.4 is 24.4 Å². The Morgan fingerprint density at radius 2 is 1.68 bits per heavy atom. The average Bonchev–Trinajstić information content (AvgIpc) is 3.07. The summed E-state index contributed by atoms with van der Waals surface area (Å²) in [4.78, 5) is 28.3. The second-order valence-electron chi connectivity index (χ2n) is 6.14. The molecule has 0 aromatic heterocycles. The van der Waals surface area contributed by atoms with Crippen LogP contribution in [0.4, 0.5) is 16.2 Å². The van der Waals surface area contributed by atoms with E-state index in [1.54, 1.807) is 55.5 Å². The van der Waals surface area contributed by atoms with Crippen LogP contribution in [0, 0.1) is 0 Å². The van der Waals surface area contributed by atoms with Crippen molar-refractivity contribution in [2.75, 3.05) is 51.2 Å². The monoisotopic (exact) mass is 385 g/mol. The molecule has 1 heterocycles. The Morgan fingerprint density at radius 1 is 0.964 bits per heavy atom. The Kier molecular flexibility index (Phi) is 5.88. The van der Waals surface area contributed by atoms with Crippen molar-refractivity contribution in [3.05, 3.63) is 42.5 Å². The molecule has 3 rings (SSSR count). The number of methoxy groups -OCH3 is 3. The number of urea groups is 1. The van der Waals surface area contributed by atoms with Gasteiger partial charge in [0.1, 0.15) is 12.3 Å². The molecule has 2 aromatic rings. The molecule has 0 unspecified atom stereocenters. The molecule has 8 heteroatoms. The molecule has 0 saturated carbocycles. The molecular weight excluding hydrogens is 362 g/mol. The Hall–Kier alpha value is -3.42. The van der Waals surface area contributed by atoms with Crippen LogP contribution >= 0.6 is 0 Å². The number of anilines is 2. The van der Waals surface area contributed by atoms with Gasteiger partial charge >= 0.3 is 6.03 Å². The van der Waals surface area contributed by atoms with Crippen molar-refractivity contribution in [2.45, 2.75) is 0 Å². The minimum atomic E-state index is -0.285. The smallest absolute Gasteiger partial charge is 0.325 e. The highest BCUT2D eigenvalue weighted by Gasteiger charge is 2.31. The van der Waals surface area contributed by atoms with Crippen molar-refractivity contribution >= 4 is 23.3 Å². The Morgan fingerprint density at radius 3 is 2.39 bits per heavy atom. The summed E-state index contributed by atoms with van der Waals surface area (Å²) in [5.41, 5.74) is 1.26. The average molecular weight is 385 g/mol. The lowest BCUT2D eigenvalue weighted by atomic mass is 10.2. The summed E-state index contributed by atoms with van der Waals surface area (Å²) < 4.78 is 15.8. The van der Waals surface area contributed by atoms with Crippen LogP contribution in [-0.2, 0) is 4.79 Å². The minimum absolute atomic E-state index is 0.0410. The van der Waals surface area contributed by atoms with Gasteiger partial charge in [0.2, 0.25) is 5.91 Å². The van der Waals surface area contributed by atoms with Gasteiger partial charge in [-0.1, -0.05) is 12.1 Å². The van der Waals surface area contributed by atoms with E-state index in [4.69, 9.17) is 14.2 Å². The van der Waals surface area contributed by atoms with Gasteiger partial charge in [0.05, 0.1) is 27.0 Å². The Bertz CT molecular complexity index is 871. The van der Waals surface area contributed by atoms with Crippen LogP contribution in [0.1, 0.15) is 0 Å². The van der Waals surface area contributed by atoms with Crippen molar-refractivity contribution in [2.24, 2.45) is 0 Å². The highest BCUT2D eigenvalue weighted by Crippen LogP contribution is 2.32. The lowest BCUT2D eigenvalue weighted by molar-refractivity contribution is -0.116. The van der Waals surface area contributed by atoms with Gasteiger partial charge in [-0.2, -0.15) is 0 Å². The number of rotatable bonds is 7. The van der Waals surface area contributed by atoms with Crippen LogP contribution in [0.25, 0.3) is 0 Å². The van der Waals surface area contributed by atoms with Crippen LogP contribution in [0.2, 0.25) is 0 Å². The first-order chi connectivity index (χ1) is 13.6. The number of carbonyl (C=O) groups is 2. The minimum Gasteiger partial charge on any atom is -0.495 e. The Balaban J connectivity index is 1.66. The molecule has 28 heavy (non-hydrogen) atoms. The third-order valence-electron chi connectivity index (χ3n) is 4.49. The zero-order chi connectivity index (χ0) is 20.1. The molecule has 1 aliphatic heterocycles. The number of nitrogens with one attached hydrogen (secondary N) is 1. The van der Waals surface area contributed by atoms with E-state index < -0.39 is 0 Å². The van der Waals surface area contributed by atoms with Gasteiger partial charge in [-0.3, -0.25) is 9.69 Å². The molecule has 8 nitrogen and oxygen atoms in total. The fourth-order valence-electron chi connectivity index (χ4n) is 3.07. The SMILES string of the molecule is COc1ccccc1NC(=O)CN1CCN(c2ccc(OC)c(OC)c2)C1=O. The van der Waals surface area contributed by atoms with Crippen molar-refractivity contribution < 1.29 is 23.8 Å². The maximum Gasteiger partial charge on any atom is 0.325 e. The lowest BCUT2D eigenvalue weighted by Gasteiger charge is -2.20. The number of nitrogens with zero attached hydrogens (tertiary/aromatic N) is 2. The number of hydrogen-bond donors (Lipinski definition) is 1. The zero-order valence-corrected chi connectivity index (χ0v) is 16.1. The van der Waals surface area contributed by atoms with E-state index in [1.807, 2.05) is 6.07 Å². The summed E-state index contributed by atoms with van der Waals surface area (Å²) in [6.45, 7) is 0.892. The molecule has 0 radical (unpaired) electrons. The third-order valence-corrected chi connectivity index (χ3v) is 4.49. The van der Waals surface area contributed by atoms with E-state index in [1.165, 1.54) is 12.0 Å². The molecule has 0 bridgehead atoms. The standard InChI is InChI=1S/C20H23N3O5/c1-26-16-7-5-4-6-15(16)21-19(24)13-22-10-11-23(20(22)25)14-8-9-17(27-2)18(12-14)28-3/h4-9,12H,10-11,13H2,1-3H3,(H,21,24). The third kappa shape index (κ3) is 3.95. The van der Waals surface area contributed by atoms with Crippen LogP contribution in [-0.4, -0.2) is 57.8 Å². The quantitative estimate of drug-likeness (QED) is 0.792. The fraction of sp³-hybridized carbons (Fsp3) is 0.300. The second-order valence-corrected chi connectivity index (χ2v) is 6.14. The van der Waals surface area contributed by atoms with E-state index >= 15 is 0 Å². The molecule has 148 valence electrons. The van der Waals surface area contributed by atoms with Gasteiger partial charge in [-0.05, 0) is 24.3 Å². The largest absolute Gasteiger partial charge is 0.495 e. The van der Waals surface area contributed by atoms with Crippen molar-refractivity contribution in [3.63, 3.8) is 0 Å².